The molecule has 0 N–H and O–H groups in total. The third-order valence-corrected chi connectivity index (χ3v) is 5.84. The van der Waals surface area contributed by atoms with Gasteiger partial charge in [0.25, 0.3) is 0 Å². The Kier molecular flexibility index (Phi) is 5.95. The zero-order valence-corrected chi connectivity index (χ0v) is 15.6. The number of hydrogen-bond acceptors (Lipinski definition) is 4. The summed E-state index contributed by atoms with van der Waals surface area (Å²) in [7, 11) is 0. The van der Waals surface area contributed by atoms with Crippen molar-refractivity contribution in [1.82, 2.24) is 19.7 Å². The normalized spacial score (nSPS) is 21.1. The zero-order valence-electron chi connectivity index (χ0n) is 15.6. The van der Waals surface area contributed by atoms with Crippen LogP contribution in [0, 0.1) is 0 Å². The fourth-order valence-electron chi connectivity index (χ4n) is 4.29. The molecule has 2 saturated heterocycles. The Balaban J connectivity index is 1.20. The first-order chi connectivity index (χ1) is 12.9. The first-order valence-corrected chi connectivity index (χ1v) is 9.99. The second-order valence-corrected chi connectivity index (χ2v) is 7.63. The molecular weight excluding hydrogens is 320 g/mol. The van der Waals surface area contributed by atoms with E-state index in [1.807, 2.05) is 12.3 Å². The van der Waals surface area contributed by atoms with E-state index in [9.17, 15) is 0 Å². The molecule has 0 amide bonds. The summed E-state index contributed by atoms with van der Waals surface area (Å²) in [6.07, 6.45) is 4.49. The van der Waals surface area contributed by atoms with Gasteiger partial charge in [-0.25, -0.2) is 0 Å². The molecule has 0 spiro atoms. The Morgan fingerprint density at radius 1 is 0.731 bits per heavy atom. The lowest BCUT2D eigenvalue weighted by Gasteiger charge is -2.42. The van der Waals surface area contributed by atoms with Crippen LogP contribution in [-0.2, 0) is 13.1 Å². The minimum Gasteiger partial charge on any atom is -0.298 e. The van der Waals surface area contributed by atoms with E-state index < -0.39 is 0 Å². The summed E-state index contributed by atoms with van der Waals surface area (Å²) in [6.45, 7) is 9.33. The van der Waals surface area contributed by atoms with Crippen molar-refractivity contribution in [2.75, 3.05) is 39.3 Å². The molecule has 0 atom stereocenters. The number of nitrogens with zero attached hydrogens (tertiary/aromatic N) is 4. The standard InChI is InChI=1S/C22H30N4/c1-2-6-20(7-3-1)18-25-14-16-26(17-15-25)22-9-12-24(13-10-22)19-21-8-4-5-11-23-21/h1-8,11,22H,9-10,12-19H2. The van der Waals surface area contributed by atoms with E-state index in [0.717, 1.165) is 19.1 Å². The van der Waals surface area contributed by atoms with Crippen molar-refractivity contribution in [2.45, 2.75) is 32.0 Å². The molecule has 138 valence electrons. The van der Waals surface area contributed by atoms with Gasteiger partial charge in [-0.1, -0.05) is 36.4 Å². The van der Waals surface area contributed by atoms with Gasteiger partial charge in [-0.2, -0.15) is 0 Å². The summed E-state index contributed by atoms with van der Waals surface area (Å²) in [5.74, 6) is 0. The monoisotopic (exact) mass is 350 g/mol. The molecule has 0 aliphatic carbocycles. The highest BCUT2D eigenvalue weighted by Gasteiger charge is 2.27. The van der Waals surface area contributed by atoms with Crippen LogP contribution in [0.25, 0.3) is 0 Å². The van der Waals surface area contributed by atoms with Crippen LogP contribution in [0.5, 0.6) is 0 Å². The third kappa shape index (κ3) is 4.70. The number of aromatic nitrogens is 1. The van der Waals surface area contributed by atoms with E-state index in [-0.39, 0.29) is 0 Å². The minimum atomic E-state index is 0.772. The maximum Gasteiger partial charge on any atom is 0.0543 e. The van der Waals surface area contributed by atoms with E-state index in [1.165, 1.54) is 63.4 Å². The highest BCUT2D eigenvalue weighted by atomic mass is 15.3. The molecule has 2 aromatic rings. The number of piperazine rings is 1. The smallest absolute Gasteiger partial charge is 0.0543 e. The lowest BCUT2D eigenvalue weighted by Crippen LogP contribution is -2.52. The second-order valence-electron chi connectivity index (χ2n) is 7.63. The molecule has 2 aliphatic heterocycles. The fraction of sp³-hybridized carbons (Fsp3) is 0.500. The average molecular weight is 351 g/mol. The van der Waals surface area contributed by atoms with Gasteiger partial charge in [0.2, 0.25) is 0 Å². The summed E-state index contributed by atoms with van der Waals surface area (Å²) >= 11 is 0. The van der Waals surface area contributed by atoms with Gasteiger partial charge in [0, 0.05) is 64.6 Å². The van der Waals surface area contributed by atoms with Crippen LogP contribution < -0.4 is 0 Å². The minimum absolute atomic E-state index is 0.772. The van der Waals surface area contributed by atoms with E-state index >= 15 is 0 Å². The van der Waals surface area contributed by atoms with Gasteiger partial charge in [0.1, 0.15) is 0 Å². The zero-order chi connectivity index (χ0) is 17.6. The molecule has 4 heteroatoms. The van der Waals surface area contributed by atoms with Gasteiger partial charge < -0.3 is 0 Å². The van der Waals surface area contributed by atoms with E-state index in [2.05, 4.69) is 62.1 Å². The molecule has 3 heterocycles. The molecule has 26 heavy (non-hydrogen) atoms. The van der Waals surface area contributed by atoms with Crippen LogP contribution >= 0.6 is 0 Å². The van der Waals surface area contributed by atoms with Crippen molar-refractivity contribution in [3.05, 3.63) is 66.0 Å². The number of pyridine rings is 1. The molecule has 2 fully saturated rings. The molecule has 4 nitrogen and oxygen atoms in total. The maximum absolute atomic E-state index is 4.47. The van der Waals surface area contributed by atoms with Crippen molar-refractivity contribution in [3.8, 4) is 0 Å². The molecular formula is C22H30N4. The summed E-state index contributed by atoms with van der Waals surface area (Å²) in [6, 6.07) is 17.9. The number of hydrogen-bond donors (Lipinski definition) is 0. The van der Waals surface area contributed by atoms with Crippen molar-refractivity contribution < 1.29 is 0 Å². The lowest BCUT2D eigenvalue weighted by molar-refractivity contribution is 0.0547. The molecule has 2 aliphatic rings. The highest BCUT2D eigenvalue weighted by Crippen LogP contribution is 2.20. The number of benzene rings is 1. The Morgan fingerprint density at radius 2 is 1.42 bits per heavy atom. The number of rotatable bonds is 5. The van der Waals surface area contributed by atoms with E-state index in [4.69, 9.17) is 0 Å². The van der Waals surface area contributed by atoms with Gasteiger partial charge in [0.05, 0.1) is 5.69 Å². The van der Waals surface area contributed by atoms with Crippen molar-refractivity contribution in [3.63, 3.8) is 0 Å². The molecule has 0 saturated carbocycles. The quantitative estimate of drug-likeness (QED) is 0.827. The van der Waals surface area contributed by atoms with E-state index in [1.54, 1.807) is 0 Å². The second kappa shape index (κ2) is 8.76. The van der Waals surface area contributed by atoms with Crippen molar-refractivity contribution >= 4 is 0 Å². The first kappa shape index (κ1) is 17.7. The average Bonchev–Trinajstić information content (AvgIpc) is 2.71. The lowest BCUT2D eigenvalue weighted by atomic mass is 10.0. The highest BCUT2D eigenvalue weighted by molar-refractivity contribution is 5.14. The van der Waals surface area contributed by atoms with Crippen LogP contribution in [0.1, 0.15) is 24.1 Å². The molecule has 0 unspecified atom stereocenters. The first-order valence-electron chi connectivity index (χ1n) is 9.99. The Bertz CT molecular complexity index is 585. The molecule has 1 aromatic carbocycles. The Morgan fingerprint density at radius 3 is 2.12 bits per heavy atom. The summed E-state index contributed by atoms with van der Waals surface area (Å²) in [5, 5.41) is 0. The number of likely N-dealkylation sites (tertiary alicyclic amines) is 1. The Hall–Kier alpha value is -1.75. The maximum atomic E-state index is 4.47. The van der Waals surface area contributed by atoms with E-state index in [0.29, 0.717) is 0 Å². The van der Waals surface area contributed by atoms with Crippen LogP contribution in [0.3, 0.4) is 0 Å². The largest absolute Gasteiger partial charge is 0.298 e. The third-order valence-electron chi connectivity index (χ3n) is 5.84. The topological polar surface area (TPSA) is 22.6 Å². The van der Waals surface area contributed by atoms with Crippen LogP contribution in [0.4, 0.5) is 0 Å². The van der Waals surface area contributed by atoms with Gasteiger partial charge in [0.15, 0.2) is 0 Å². The SMILES string of the molecule is c1ccc(CN2CCN(C3CCN(Cc4ccccn4)CC3)CC2)cc1. The number of piperidine rings is 1. The van der Waals surface area contributed by atoms with Gasteiger partial charge in [-0.3, -0.25) is 19.7 Å². The van der Waals surface area contributed by atoms with Gasteiger partial charge in [-0.15, -0.1) is 0 Å². The van der Waals surface area contributed by atoms with Crippen LogP contribution in [-0.4, -0.2) is 65.0 Å². The van der Waals surface area contributed by atoms with Gasteiger partial charge >= 0.3 is 0 Å². The summed E-state index contributed by atoms with van der Waals surface area (Å²) in [4.78, 5) is 12.4. The predicted molar refractivity (Wildman–Crippen MR) is 106 cm³/mol. The van der Waals surface area contributed by atoms with Crippen molar-refractivity contribution in [2.24, 2.45) is 0 Å². The van der Waals surface area contributed by atoms with Crippen molar-refractivity contribution in [1.29, 1.82) is 0 Å². The summed E-state index contributed by atoms with van der Waals surface area (Å²) in [5.41, 5.74) is 2.63. The molecule has 0 radical (unpaired) electrons. The fourth-order valence-corrected chi connectivity index (χ4v) is 4.29. The molecule has 0 bridgehead atoms. The predicted octanol–water partition coefficient (Wildman–Crippen LogP) is 2.86. The summed E-state index contributed by atoms with van der Waals surface area (Å²) < 4.78 is 0. The van der Waals surface area contributed by atoms with Crippen LogP contribution in [0.15, 0.2) is 54.7 Å². The van der Waals surface area contributed by atoms with Gasteiger partial charge in [-0.05, 0) is 30.5 Å². The Labute approximate surface area is 157 Å². The molecule has 1 aromatic heterocycles. The molecule has 4 rings (SSSR count). The van der Waals surface area contributed by atoms with Crippen LogP contribution in [0.2, 0.25) is 0 Å².